The van der Waals surface area contributed by atoms with E-state index in [0.29, 0.717) is 13.0 Å². The van der Waals surface area contributed by atoms with Gasteiger partial charge in [-0.1, -0.05) is 17.7 Å². The molecule has 19 heavy (non-hydrogen) atoms. The smallest absolute Gasteiger partial charge is 0.271 e. The third-order valence-electron chi connectivity index (χ3n) is 2.48. The fourth-order valence-corrected chi connectivity index (χ4v) is 1.73. The van der Waals surface area contributed by atoms with Crippen molar-refractivity contribution in [1.82, 2.24) is 15.3 Å². The van der Waals surface area contributed by atoms with Gasteiger partial charge in [0.05, 0.1) is 11.2 Å². The molecule has 0 aliphatic rings. The van der Waals surface area contributed by atoms with E-state index in [0.717, 1.165) is 5.56 Å². The summed E-state index contributed by atoms with van der Waals surface area (Å²) in [5.41, 5.74) is 1.12. The van der Waals surface area contributed by atoms with Crippen molar-refractivity contribution in [2.45, 2.75) is 6.42 Å². The number of carbonyl (C=O) groups is 1. The third kappa shape index (κ3) is 3.72. The molecule has 0 radical (unpaired) electrons. The second-order valence-corrected chi connectivity index (χ2v) is 4.25. The van der Waals surface area contributed by atoms with E-state index in [4.69, 9.17) is 11.6 Å². The summed E-state index contributed by atoms with van der Waals surface area (Å²) in [6, 6.07) is 4.49. The van der Waals surface area contributed by atoms with Gasteiger partial charge in [0.25, 0.3) is 5.91 Å². The lowest BCUT2D eigenvalue weighted by Crippen LogP contribution is -2.26. The molecule has 0 fully saturated rings. The number of rotatable bonds is 4. The second kappa shape index (κ2) is 6.24. The van der Waals surface area contributed by atoms with Crippen LogP contribution in [0.2, 0.25) is 5.02 Å². The maximum Gasteiger partial charge on any atom is 0.271 e. The number of benzene rings is 1. The zero-order chi connectivity index (χ0) is 13.7. The molecule has 2 rings (SSSR count). The molecule has 0 spiro atoms. The predicted molar refractivity (Wildman–Crippen MR) is 69.5 cm³/mol. The minimum absolute atomic E-state index is 0.0813. The minimum Gasteiger partial charge on any atom is -0.350 e. The van der Waals surface area contributed by atoms with Gasteiger partial charge in [-0.3, -0.25) is 9.78 Å². The first-order chi connectivity index (χ1) is 9.16. The topological polar surface area (TPSA) is 54.9 Å². The average molecular weight is 280 g/mol. The van der Waals surface area contributed by atoms with Crippen LogP contribution in [0.3, 0.4) is 0 Å². The van der Waals surface area contributed by atoms with Crippen molar-refractivity contribution in [3.63, 3.8) is 0 Å². The normalized spacial score (nSPS) is 10.2. The fourth-order valence-electron chi connectivity index (χ4n) is 1.52. The molecule has 0 saturated carbocycles. The zero-order valence-corrected chi connectivity index (χ0v) is 10.7. The Morgan fingerprint density at radius 1 is 1.37 bits per heavy atom. The van der Waals surface area contributed by atoms with Crippen LogP contribution in [0.4, 0.5) is 4.39 Å². The Kier molecular flexibility index (Phi) is 4.41. The van der Waals surface area contributed by atoms with Crippen molar-refractivity contribution < 1.29 is 9.18 Å². The number of aromatic nitrogens is 2. The lowest BCUT2D eigenvalue weighted by molar-refractivity contribution is 0.0948. The largest absolute Gasteiger partial charge is 0.350 e. The standard InChI is InChI=1S/C13H11ClFN3O/c14-10-7-9(1-2-11(10)15)3-4-18-13(19)12-8-16-5-6-17-12/h1-2,5-8H,3-4H2,(H,18,19). The van der Waals surface area contributed by atoms with E-state index in [-0.39, 0.29) is 16.6 Å². The number of hydrogen-bond acceptors (Lipinski definition) is 3. The quantitative estimate of drug-likeness (QED) is 0.934. The Labute approximate surface area is 114 Å². The Balaban J connectivity index is 1.87. The van der Waals surface area contributed by atoms with Crippen LogP contribution in [-0.4, -0.2) is 22.4 Å². The summed E-state index contributed by atoms with van der Waals surface area (Å²) in [6.07, 6.45) is 4.90. The number of hydrogen-bond donors (Lipinski definition) is 1. The van der Waals surface area contributed by atoms with E-state index in [9.17, 15) is 9.18 Å². The summed E-state index contributed by atoms with van der Waals surface area (Å²) in [7, 11) is 0. The lowest BCUT2D eigenvalue weighted by Gasteiger charge is -2.05. The number of nitrogens with one attached hydrogen (secondary N) is 1. The molecule has 1 N–H and O–H groups in total. The molecule has 0 aliphatic heterocycles. The molecule has 0 unspecified atom stereocenters. The zero-order valence-electron chi connectivity index (χ0n) is 9.94. The van der Waals surface area contributed by atoms with Crippen molar-refractivity contribution in [1.29, 1.82) is 0 Å². The molecule has 1 aromatic heterocycles. The van der Waals surface area contributed by atoms with Crippen LogP contribution in [-0.2, 0) is 6.42 Å². The van der Waals surface area contributed by atoms with Crippen molar-refractivity contribution in [3.05, 3.63) is 58.9 Å². The molecular weight excluding hydrogens is 269 g/mol. The first-order valence-corrected chi connectivity index (χ1v) is 6.03. The molecule has 1 heterocycles. The molecule has 0 aliphatic carbocycles. The number of halogens is 2. The monoisotopic (exact) mass is 279 g/mol. The highest BCUT2D eigenvalue weighted by Gasteiger charge is 2.06. The molecule has 1 aromatic carbocycles. The highest BCUT2D eigenvalue weighted by Crippen LogP contribution is 2.16. The first kappa shape index (κ1) is 13.4. The summed E-state index contributed by atoms with van der Waals surface area (Å²) < 4.78 is 13.0. The highest BCUT2D eigenvalue weighted by atomic mass is 35.5. The molecular formula is C13H11ClFN3O. The molecule has 0 saturated heterocycles. The van der Waals surface area contributed by atoms with Gasteiger partial charge in [0.15, 0.2) is 0 Å². The van der Waals surface area contributed by atoms with Gasteiger partial charge >= 0.3 is 0 Å². The number of carbonyl (C=O) groups excluding carboxylic acids is 1. The molecule has 2 aromatic rings. The Morgan fingerprint density at radius 3 is 2.89 bits per heavy atom. The van der Waals surface area contributed by atoms with Crippen molar-refractivity contribution in [2.75, 3.05) is 6.54 Å². The average Bonchev–Trinajstić information content (AvgIpc) is 2.43. The second-order valence-electron chi connectivity index (χ2n) is 3.85. The van der Waals surface area contributed by atoms with E-state index in [1.165, 1.54) is 24.7 Å². The van der Waals surface area contributed by atoms with Crippen LogP contribution < -0.4 is 5.32 Å². The van der Waals surface area contributed by atoms with Crippen LogP contribution in [0.1, 0.15) is 16.1 Å². The summed E-state index contributed by atoms with van der Waals surface area (Å²) in [5.74, 6) is -0.740. The molecule has 6 heteroatoms. The van der Waals surface area contributed by atoms with Crippen LogP contribution in [0.25, 0.3) is 0 Å². The number of amides is 1. The molecule has 0 bridgehead atoms. The van der Waals surface area contributed by atoms with Gasteiger partial charge in [0, 0.05) is 18.9 Å². The van der Waals surface area contributed by atoms with E-state index < -0.39 is 5.82 Å². The minimum atomic E-state index is -0.450. The van der Waals surface area contributed by atoms with Gasteiger partial charge in [-0.2, -0.15) is 0 Å². The van der Waals surface area contributed by atoms with Crippen LogP contribution >= 0.6 is 11.6 Å². The van der Waals surface area contributed by atoms with Gasteiger partial charge in [-0.25, -0.2) is 9.37 Å². The molecule has 0 atom stereocenters. The third-order valence-corrected chi connectivity index (χ3v) is 2.77. The summed E-state index contributed by atoms with van der Waals surface area (Å²) in [4.78, 5) is 19.4. The van der Waals surface area contributed by atoms with E-state index in [1.54, 1.807) is 12.1 Å². The van der Waals surface area contributed by atoms with Crippen LogP contribution in [0, 0.1) is 5.82 Å². The van der Waals surface area contributed by atoms with Crippen molar-refractivity contribution in [3.8, 4) is 0 Å². The molecule has 98 valence electrons. The molecule has 4 nitrogen and oxygen atoms in total. The van der Waals surface area contributed by atoms with Gasteiger partial charge in [0.1, 0.15) is 11.5 Å². The van der Waals surface area contributed by atoms with Gasteiger partial charge in [0.2, 0.25) is 0 Å². The van der Waals surface area contributed by atoms with Gasteiger partial charge in [-0.05, 0) is 24.1 Å². The maximum atomic E-state index is 13.0. The van der Waals surface area contributed by atoms with Crippen molar-refractivity contribution in [2.24, 2.45) is 0 Å². The van der Waals surface area contributed by atoms with E-state index in [1.807, 2.05) is 0 Å². The highest BCUT2D eigenvalue weighted by molar-refractivity contribution is 6.30. The van der Waals surface area contributed by atoms with Gasteiger partial charge < -0.3 is 5.32 Å². The fraction of sp³-hybridized carbons (Fsp3) is 0.154. The number of nitrogens with zero attached hydrogens (tertiary/aromatic N) is 2. The Morgan fingerprint density at radius 2 is 2.21 bits per heavy atom. The Hall–Kier alpha value is -2.01. The maximum absolute atomic E-state index is 13.0. The summed E-state index contributed by atoms with van der Waals surface area (Å²) in [6.45, 7) is 0.414. The van der Waals surface area contributed by atoms with E-state index >= 15 is 0 Å². The first-order valence-electron chi connectivity index (χ1n) is 5.65. The van der Waals surface area contributed by atoms with Gasteiger partial charge in [-0.15, -0.1) is 0 Å². The summed E-state index contributed by atoms with van der Waals surface area (Å²) >= 11 is 5.67. The van der Waals surface area contributed by atoms with Crippen molar-refractivity contribution >= 4 is 17.5 Å². The SMILES string of the molecule is O=C(NCCc1ccc(F)c(Cl)c1)c1cnccn1. The van der Waals surface area contributed by atoms with Crippen LogP contribution in [0.15, 0.2) is 36.8 Å². The Bertz CT molecular complexity index is 577. The molecule has 1 amide bonds. The predicted octanol–water partition coefficient (Wildman–Crippen LogP) is 2.24. The summed E-state index contributed by atoms with van der Waals surface area (Å²) in [5, 5.41) is 2.78. The van der Waals surface area contributed by atoms with E-state index in [2.05, 4.69) is 15.3 Å². The lowest BCUT2D eigenvalue weighted by atomic mass is 10.1. The van der Waals surface area contributed by atoms with Crippen LogP contribution in [0.5, 0.6) is 0 Å².